The molecule has 122 valence electrons. The third-order valence-electron chi connectivity index (χ3n) is 3.48. The van der Waals surface area contributed by atoms with Crippen LogP contribution in [0.15, 0.2) is 47.4 Å². The SMILES string of the molecule is CCCCCCCC.O=S(=O)([O-])c1cccc2ccccc12.[Na+]. The maximum absolute atomic E-state index is 10.9. The summed E-state index contributed by atoms with van der Waals surface area (Å²) in [6.45, 7) is 4.51. The van der Waals surface area contributed by atoms with Gasteiger partial charge in [0.05, 0.1) is 4.90 Å². The zero-order chi connectivity index (χ0) is 16.4. The Hall–Kier alpha value is -0.390. The van der Waals surface area contributed by atoms with Crippen molar-refractivity contribution in [2.45, 2.75) is 57.3 Å². The van der Waals surface area contributed by atoms with Gasteiger partial charge >= 0.3 is 29.6 Å². The van der Waals surface area contributed by atoms with Crippen molar-refractivity contribution in [1.82, 2.24) is 0 Å². The summed E-state index contributed by atoms with van der Waals surface area (Å²) in [6.07, 6.45) is 8.49. The summed E-state index contributed by atoms with van der Waals surface area (Å²) in [4.78, 5) is -0.157. The van der Waals surface area contributed by atoms with Gasteiger partial charge in [-0.3, -0.25) is 0 Å². The monoisotopic (exact) mass is 344 g/mol. The van der Waals surface area contributed by atoms with Crippen LogP contribution in [0, 0.1) is 0 Å². The van der Waals surface area contributed by atoms with Crippen molar-refractivity contribution < 1.29 is 42.5 Å². The Morgan fingerprint density at radius 2 is 1.35 bits per heavy atom. The van der Waals surface area contributed by atoms with Crippen LogP contribution in [-0.2, 0) is 10.1 Å². The molecule has 0 bridgehead atoms. The van der Waals surface area contributed by atoms with E-state index in [0.717, 1.165) is 5.39 Å². The molecule has 2 aromatic rings. The molecule has 0 aromatic heterocycles. The van der Waals surface area contributed by atoms with E-state index >= 15 is 0 Å². The molecule has 0 fully saturated rings. The fourth-order valence-corrected chi connectivity index (χ4v) is 2.97. The van der Waals surface area contributed by atoms with E-state index in [0.29, 0.717) is 5.39 Å². The van der Waals surface area contributed by atoms with Gasteiger partial charge in [-0.2, -0.15) is 0 Å². The minimum Gasteiger partial charge on any atom is -0.744 e. The van der Waals surface area contributed by atoms with Crippen LogP contribution in [-0.4, -0.2) is 13.0 Å². The molecule has 0 aliphatic carbocycles. The molecular weight excluding hydrogens is 319 g/mol. The first kappa shape index (κ1) is 22.6. The Balaban J connectivity index is 0.000000469. The molecule has 2 rings (SSSR count). The first-order chi connectivity index (χ1) is 10.5. The number of unbranched alkanes of at least 4 members (excludes halogenated alkanes) is 5. The Morgan fingerprint density at radius 1 is 0.826 bits per heavy atom. The predicted octanol–water partition coefficient (Wildman–Crippen LogP) is 2.11. The topological polar surface area (TPSA) is 57.2 Å². The van der Waals surface area contributed by atoms with Crippen LogP contribution in [0.4, 0.5) is 0 Å². The van der Waals surface area contributed by atoms with E-state index < -0.39 is 10.1 Å². The van der Waals surface area contributed by atoms with Crippen LogP contribution in [0.2, 0.25) is 0 Å². The second-order valence-corrected chi connectivity index (χ2v) is 6.69. The van der Waals surface area contributed by atoms with Crippen molar-refractivity contribution in [2.24, 2.45) is 0 Å². The first-order valence-corrected chi connectivity index (χ1v) is 9.35. The Kier molecular flexibility index (Phi) is 11.8. The van der Waals surface area contributed by atoms with E-state index in [1.807, 2.05) is 0 Å². The van der Waals surface area contributed by atoms with E-state index in [9.17, 15) is 13.0 Å². The van der Waals surface area contributed by atoms with Crippen LogP contribution >= 0.6 is 0 Å². The normalized spacial score (nSPS) is 10.6. The smallest absolute Gasteiger partial charge is 0.744 e. The summed E-state index contributed by atoms with van der Waals surface area (Å²) in [6, 6.07) is 11.5. The summed E-state index contributed by atoms with van der Waals surface area (Å²) < 4.78 is 32.7. The third kappa shape index (κ3) is 8.32. The van der Waals surface area contributed by atoms with Crippen molar-refractivity contribution in [3.8, 4) is 0 Å². The fraction of sp³-hybridized carbons (Fsp3) is 0.444. The van der Waals surface area contributed by atoms with Gasteiger partial charge in [0.1, 0.15) is 10.1 Å². The van der Waals surface area contributed by atoms with Crippen molar-refractivity contribution in [1.29, 1.82) is 0 Å². The minimum absolute atomic E-state index is 0. The van der Waals surface area contributed by atoms with Gasteiger partial charge in [0, 0.05) is 0 Å². The second kappa shape index (κ2) is 12.0. The molecule has 0 radical (unpaired) electrons. The van der Waals surface area contributed by atoms with Gasteiger partial charge in [-0.05, 0) is 16.8 Å². The van der Waals surface area contributed by atoms with E-state index in [2.05, 4.69) is 13.8 Å². The molecule has 3 nitrogen and oxygen atoms in total. The number of hydrogen-bond acceptors (Lipinski definition) is 3. The average Bonchev–Trinajstić information content (AvgIpc) is 2.51. The number of rotatable bonds is 6. The fourth-order valence-electron chi connectivity index (χ4n) is 2.27. The van der Waals surface area contributed by atoms with Crippen molar-refractivity contribution >= 4 is 20.9 Å². The summed E-state index contributed by atoms with van der Waals surface area (Å²) in [5.41, 5.74) is 0. The van der Waals surface area contributed by atoms with Crippen molar-refractivity contribution in [3.05, 3.63) is 42.5 Å². The van der Waals surface area contributed by atoms with Crippen LogP contribution in [0.3, 0.4) is 0 Å². The third-order valence-corrected chi connectivity index (χ3v) is 4.37. The van der Waals surface area contributed by atoms with Gasteiger partial charge in [-0.25, -0.2) is 8.42 Å². The Morgan fingerprint density at radius 3 is 1.87 bits per heavy atom. The molecule has 0 N–H and O–H groups in total. The molecular formula is C18H25NaO3S. The van der Waals surface area contributed by atoms with E-state index in [1.165, 1.54) is 44.6 Å². The molecule has 0 amide bonds. The molecule has 0 heterocycles. The second-order valence-electron chi connectivity index (χ2n) is 5.35. The van der Waals surface area contributed by atoms with E-state index in [4.69, 9.17) is 0 Å². The van der Waals surface area contributed by atoms with E-state index in [1.54, 1.807) is 36.4 Å². The average molecular weight is 344 g/mol. The van der Waals surface area contributed by atoms with E-state index in [-0.39, 0.29) is 34.5 Å². The zero-order valence-electron chi connectivity index (χ0n) is 14.4. The molecule has 0 spiro atoms. The van der Waals surface area contributed by atoms with Crippen LogP contribution in [0.5, 0.6) is 0 Å². The molecule has 0 unspecified atom stereocenters. The molecule has 0 saturated heterocycles. The summed E-state index contributed by atoms with van der Waals surface area (Å²) in [5.74, 6) is 0. The van der Waals surface area contributed by atoms with Gasteiger partial charge in [0.15, 0.2) is 0 Å². The van der Waals surface area contributed by atoms with Gasteiger partial charge in [0.25, 0.3) is 0 Å². The van der Waals surface area contributed by atoms with Crippen LogP contribution < -0.4 is 29.6 Å². The number of hydrogen-bond donors (Lipinski definition) is 0. The zero-order valence-corrected chi connectivity index (χ0v) is 17.2. The molecule has 23 heavy (non-hydrogen) atoms. The molecule has 0 aliphatic rings. The minimum atomic E-state index is -4.38. The largest absolute Gasteiger partial charge is 1.00 e. The first-order valence-electron chi connectivity index (χ1n) is 7.94. The standard InChI is InChI=1S/C10H8O3S.C8H18.Na/c11-14(12,13)10-7-3-5-8-4-1-2-6-9(8)10;1-3-5-7-8-6-4-2;/h1-7H,(H,11,12,13);3-8H2,1-2H3;/q;;+1/p-1. The molecule has 0 aliphatic heterocycles. The number of benzene rings is 2. The molecule has 2 aromatic carbocycles. The van der Waals surface area contributed by atoms with Gasteiger partial charge in [-0.1, -0.05) is 88.8 Å². The molecule has 0 atom stereocenters. The van der Waals surface area contributed by atoms with Gasteiger partial charge < -0.3 is 4.55 Å². The molecule has 5 heteroatoms. The van der Waals surface area contributed by atoms with Crippen molar-refractivity contribution in [3.63, 3.8) is 0 Å². The van der Waals surface area contributed by atoms with Crippen molar-refractivity contribution in [2.75, 3.05) is 0 Å². The maximum atomic E-state index is 10.9. The van der Waals surface area contributed by atoms with Gasteiger partial charge in [0.2, 0.25) is 0 Å². The summed E-state index contributed by atoms with van der Waals surface area (Å²) in [7, 11) is -4.38. The quantitative estimate of drug-likeness (QED) is 0.458. The van der Waals surface area contributed by atoms with Gasteiger partial charge in [-0.15, -0.1) is 0 Å². The Bertz CT molecular complexity index is 658. The Labute approximate surface area is 162 Å². The van der Waals surface area contributed by atoms with Crippen LogP contribution in [0.1, 0.15) is 52.4 Å². The van der Waals surface area contributed by atoms with Crippen LogP contribution in [0.25, 0.3) is 10.8 Å². The number of fused-ring (bicyclic) bond motifs is 1. The molecule has 0 saturated carbocycles. The maximum Gasteiger partial charge on any atom is 1.00 e. The predicted molar refractivity (Wildman–Crippen MR) is 91.0 cm³/mol. The summed E-state index contributed by atoms with van der Waals surface area (Å²) >= 11 is 0. The summed E-state index contributed by atoms with van der Waals surface area (Å²) in [5, 5.41) is 1.23.